The molecule has 0 bridgehead atoms. The van der Waals surface area contributed by atoms with Crippen LogP contribution in [0.15, 0.2) is 18.2 Å². The molecule has 1 aliphatic carbocycles. The van der Waals surface area contributed by atoms with Crippen LogP contribution in [0.1, 0.15) is 24.0 Å². The molecule has 1 heterocycles. The van der Waals surface area contributed by atoms with Gasteiger partial charge < -0.3 is 10.6 Å². The minimum Gasteiger partial charge on any atom is -0.352 e. The maximum atomic E-state index is 12.2. The van der Waals surface area contributed by atoms with Crippen molar-refractivity contribution in [3.05, 3.63) is 29.3 Å². The van der Waals surface area contributed by atoms with Crippen LogP contribution in [0.25, 0.3) is 0 Å². The molecule has 2 N–H and O–H groups in total. The van der Waals surface area contributed by atoms with Crippen molar-refractivity contribution < 1.29 is 18.0 Å². The number of hydrogen-bond acceptors (Lipinski definition) is 4. The maximum absolute atomic E-state index is 12.2. The molecular formula is C17H22N2O4S. The molecule has 2 aliphatic rings. The maximum Gasteiger partial charge on any atom is 0.228 e. The quantitative estimate of drug-likeness (QED) is 0.853. The van der Waals surface area contributed by atoms with Gasteiger partial charge in [-0.2, -0.15) is 0 Å². The van der Waals surface area contributed by atoms with E-state index < -0.39 is 9.84 Å². The highest BCUT2D eigenvalue weighted by Gasteiger charge is 2.48. The molecule has 24 heavy (non-hydrogen) atoms. The molecule has 0 aromatic heterocycles. The molecule has 6 nitrogen and oxygen atoms in total. The second-order valence-electron chi connectivity index (χ2n) is 6.85. The first-order valence-corrected chi connectivity index (χ1v) is 9.96. The van der Waals surface area contributed by atoms with Gasteiger partial charge in [0.15, 0.2) is 9.84 Å². The van der Waals surface area contributed by atoms with Crippen LogP contribution in [-0.2, 0) is 19.4 Å². The number of carbonyl (C=O) groups excluding carboxylic acids is 2. The smallest absolute Gasteiger partial charge is 0.228 e. The van der Waals surface area contributed by atoms with Gasteiger partial charge in [0.05, 0.1) is 23.3 Å². The molecule has 1 aromatic rings. The number of hydrogen-bond donors (Lipinski definition) is 2. The molecule has 2 amide bonds. The van der Waals surface area contributed by atoms with Crippen LogP contribution in [0, 0.1) is 25.7 Å². The molecule has 0 spiro atoms. The summed E-state index contributed by atoms with van der Waals surface area (Å²) in [6.07, 6.45) is 0.974. The topological polar surface area (TPSA) is 92.3 Å². The fraction of sp³-hybridized carbons (Fsp3) is 0.529. The Morgan fingerprint density at radius 2 is 1.79 bits per heavy atom. The monoisotopic (exact) mass is 350 g/mol. The second-order valence-corrected chi connectivity index (χ2v) is 9.07. The molecular weight excluding hydrogens is 328 g/mol. The van der Waals surface area contributed by atoms with Crippen molar-refractivity contribution in [2.24, 2.45) is 11.8 Å². The van der Waals surface area contributed by atoms with Crippen molar-refractivity contribution in [3.8, 4) is 0 Å². The minimum atomic E-state index is -3.02. The van der Waals surface area contributed by atoms with Crippen molar-refractivity contribution in [1.29, 1.82) is 0 Å². The third-order valence-corrected chi connectivity index (χ3v) is 6.59. The fourth-order valence-corrected chi connectivity index (χ4v) is 4.72. The summed E-state index contributed by atoms with van der Waals surface area (Å²) in [7, 11) is -3.02. The summed E-state index contributed by atoms with van der Waals surface area (Å²) in [5.74, 6) is -0.913. The van der Waals surface area contributed by atoms with Crippen molar-refractivity contribution >= 4 is 27.3 Å². The molecule has 1 aromatic carbocycles. The van der Waals surface area contributed by atoms with Gasteiger partial charge in [-0.25, -0.2) is 8.42 Å². The van der Waals surface area contributed by atoms with E-state index in [1.807, 2.05) is 32.0 Å². The van der Waals surface area contributed by atoms with Crippen molar-refractivity contribution in [2.75, 3.05) is 16.8 Å². The number of benzene rings is 1. The van der Waals surface area contributed by atoms with Gasteiger partial charge in [-0.3, -0.25) is 9.59 Å². The minimum absolute atomic E-state index is 0.00493. The number of rotatable bonds is 4. The number of carbonyl (C=O) groups is 2. The number of amides is 2. The highest BCUT2D eigenvalue weighted by atomic mass is 32.2. The van der Waals surface area contributed by atoms with Gasteiger partial charge in [-0.15, -0.1) is 0 Å². The molecule has 3 atom stereocenters. The van der Waals surface area contributed by atoms with Crippen molar-refractivity contribution in [3.63, 3.8) is 0 Å². The van der Waals surface area contributed by atoms with E-state index in [0.29, 0.717) is 12.8 Å². The lowest BCUT2D eigenvalue weighted by molar-refractivity contribution is -0.125. The Hall–Kier alpha value is -1.89. The fourth-order valence-electron chi connectivity index (χ4n) is 3.05. The highest BCUT2D eigenvalue weighted by molar-refractivity contribution is 7.91. The average molecular weight is 350 g/mol. The van der Waals surface area contributed by atoms with E-state index in [-0.39, 0.29) is 41.2 Å². The van der Waals surface area contributed by atoms with Crippen LogP contribution in [-0.4, -0.2) is 37.8 Å². The third kappa shape index (κ3) is 3.77. The zero-order valence-electron chi connectivity index (χ0n) is 13.8. The Labute approximate surface area is 141 Å². The SMILES string of the molecule is Cc1ccc(NC(=O)C2CC2C(=O)NC2CCS(=O)(=O)C2)cc1C. The first-order valence-electron chi connectivity index (χ1n) is 8.14. The van der Waals surface area contributed by atoms with Crippen LogP contribution < -0.4 is 10.6 Å². The number of anilines is 1. The Kier molecular flexibility index (Phi) is 4.38. The Bertz CT molecular complexity index is 788. The normalized spacial score (nSPS) is 27.5. The summed E-state index contributed by atoms with van der Waals surface area (Å²) < 4.78 is 22.8. The first-order chi connectivity index (χ1) is 11.2. The highest BCUT2D eigenvalue weighted by Crippen LogP contribution is 2.39. The molecule has 3 rings (SSSR count). The Balaban J connectivity index is 1.52. The molecule has 1 saturated carbocycles. The molecule has 2 fully saturated rings. The summed E-state index contributed by atoms with van der Waals surface area (Å²) in [4.78, 5) is 24.4. The zero-order valence-corrected chi connectivity index (χ0v) is 14.7. The van der Waals surface area contributed by atoms with Gasteiger partial charge in [0.25, 0.3) is 0 Å². The van der Waals surface area contributed by atoms with Gasteiger partial charge in [-0.1, -0.05) is 6.07 Å². The van der Waals surface area contributed by atoms with E-state index in [1.54, 1.807) is 0 Å². The van der Waals surface area contributed by atoms with Crippen LogP contribution in [0.3, 0.4) is 0 Å². The largest absolute Gasteiger partial charge is 0.352 e. The lowest BCUT2D eigenvalue weighted by atomic mass is 10.1. The second kappa shape index (κ2) is 6.20. The predicted octanol–water partition coefficient (Wildman–Crippen LogP) is 1.18. The number of nitrogens with one attached hydrogen (secondary N) is 2. The zero-order chi connectivity index (χ0) is 17.5. The summed E-state index contributed by atoms with van der Waals surface area (Å²) in [6.45, 7) is 3.99. The summed E-state index contributed by atoms with van der Waals surface area (Å²) in [6, 6.07) is 5.39. The molecule has 7 heteroatoms. The van der Waals surface area contributed by atoms with E-state index in [9.17, 15) is 18.0 Å². The Morgan fingerprint density at radius 3 is 2.42 bits per heavy atom. The van der Waals surface area contributed by atoms with Crippen molar-refractivity contribution in [1.82, 2.24) is 5.32 Å². The van der Waals surface area contributed by atoms with E-state index in [1.165, 1.54) is 0 Å². The van der Waals surface area contributed by atoms with Crippen LogP contribution in [0.2, 0.25) is 0 Å². The molecule has 1 saturated heterocycles. The van der Waals surface area contributed by atoms with E-state index in [4.69, 9.17) is 0 Å². The summed E-state index contributed by atoms with van der Waals surface area (Å²) in [5.41, 5.74) is 2.99. The van der Waals surface area contributed by atoms with Crippen LogP contribution in [0.5, 0.6) is 0 Å². The third-order valence-electron chi connectivity index (χ3n) is 4.82. The summed E-state index contributed by atoms with van der Waals surface area (Å²) >= 11 is 0. The van der Waals surface area contributed by atoms with Crippen LogP contribution in [0.4, 0.5) is 5.69 Å². The van der Waals surface area contributed by atoms with Gasteiger partial charge in [0, 0.05) is 11.7 Å². The first kappa shape index (κ1) is 17.0. The van der Waals surface area contributed by atoms with Gasteiger partial charge in [0.1, 0.15) is 0 Å². The van der Waals surface area contributed by atoms with Crippen molar-refractivity contribution in [2.45, 2.75) is 32.7 Å². The van der Waals surface area contributed by atoms with E-state index >= 15 is 0 Å². The van der Waals surface area contributed by atoms with Gasteiger partial charge >= 0.3 is 0 Å². The van der Waals surface area contributed by atoms with Gasteiger partial charge in [-0.05, 0) is 49.9 Å². The van der Waals surface area contributed by atoms with Crippen LogP contribution >= 0.6 is 0 Å². The predicted molar refractivity (Wildman–Crippen MR) is 91.3 cm³/mol. The summed E-state index contributed by atoms with van der Waals surface area (Å²) in [5, 5.41) is 5.61. The Morgan fingerprint density at radius 1 is 1.08 bits per heavy atom. The average Bonchev–Trinajstić information content (AvgIpc) is 3.23. The molecule has 3 unspecified atom stereocenters. The standard InChI is InChI=1S/C17H22N2O4S/c1-10-3-4-12(7-11(10)2)18-16(20)14-8-15(14)17(21)19-13-5-6-24(22,23)9-13/h3-4,7,13-15H,5-6,8-9H2,1-2H3,(H,18,20)(H,19,21). The molecule has 130 valence electrons. The van der Waals surface area contributed by atoms with Gasteiger partial charge in [0.2, 0.25) is 11.8 Å². The molecule has 0 radical (unpaired) electrons. The number of sulfone groups is 1. The lowest BCUT2D eigenvalue weighted by Gasteiger charge is -2.11. The van der Waals surface area contributed by atoms with E-state index in [2.05, 4.69) is 10.6 Å². The van der Waals surface area contributed by atoms with E-state index in [0.717, 1.165) is 16.8 Å². The lowest BCUT2D eigenvalue weighted by Crippen LogP contribution is -2.37. The molecule has 1 aliphatic heterocycles. The number of aryl methyl sites for hydroxylation is 2.